The van der Waals surface area contributed by atoms with Crippen LogP contribution >= 0.6 is 11.3 Å². The molecule has 1 saturated carbocycles. The van der Waals surface area contributed by atoms with Crippen LogP contribution in [-0.2, 0) is 6.54 Å². The lowest BCUT2D eigenvalue weighted by Crippen LogP contribution is -2.33. The Kier molecular flexibility index (Phi) is 2.75. The Hall–Kier alpha value is -1.89. The van der Waals surface area contributed by atoms with Gasteiger partial charge in [0.25, 0.3) is 5.91 Å². The van der Waals surface area contributed by atoms with E-state index < -0.39 is 0 Å². The number of carbonyl (C=O) groups is 1. The molecule has 2 aromatic heterocycles. The van der Waals surface area contributed by atoms with Crippen molar-refractivity contribution in [2.45, 2.75) is 25.4 Å². The number of thiophene rings is 1. The zero-order valence-corrected chi connectivity index (χ0v) is 10.4. The van der Waals surface area contributed by atoms with E-state index in [4.69, 9.17) is 5.73 Å². The number of anilines is 1. The first-order chi connectivity index (χ1) is 8.75. The Morgan fingerprint density at radius 1 is 1.56 bits per heavy atom. The highest BCUT2D eigenvalue weighted by molar-refractivity contribution is 7.07. The van der Waals surface area contributed by atoms with E-state index in [1.165, 1.54) is 0 Å². The van der Waals surface area contributed by atoms with Crippen LogP contribution in [-0.4, -0.2) is 27.2 Å². The lowest BCUT2D eigenvalue weighted by molar-refractivity contribution is 0.0719. The summed E-state index contributed by atoms with van der Waals surface area (Å²) >= 11 is 1.62. The first-order valence-corrected chi connectivity index (χ1v) is 6.60. The second-order valence-corrected chi connectivity index (χ2v) is 5.07. The number of amides is 1. The number of hydrogen-bond acceptors (Lipinski definition) is 6. The first kappa shape index (κ1) is 11.2. The third-order valence-electron chi connectivity index (χ3n) is 2.90. The lowest BCUT2D eigenvalue weighted by atomic mass is 10.2. The lowest BCUT2D eigenvalue weighted by Gasteiger charge is -2.20. The molecular formula is C11H12N4O2S. The van der Waals surface area contributed by atoms with Gasteiger partial charge in [-0.1, -0.05) is 0 Å². The topological polar surface area (TPSA) is 85.2 Å². The summed E-state index contributed by atoms with van der Waals surface area (Å²) in [6, 6.07) is 2.30. The second-order valence-electron chi connectivity index (χ2n) is 4.29. The van der Waals surface area contributed by atoms with E-state index in [9.17, 15) is 4.79 Å². The van der Waals surface area contributed by atoms with Crippen molar-refractivity contribution in [3.8, 4) is 0 Å². The molecule has 0 saturated heterocycles. The van der Waals surface area contributed by atoms with Crippen molar-refractivity contribution in [1.29, 1.82) is 0 Å². The molecule has 94 valence electrons. The van der Waals surface area contributed by atoms with Crippen molar-refractivity contribution in [2.24, 2.45) is 0 Å². The largest absolute Gasteiger partial charge is 0.379 e. The molecule has 1 aliphatic carbocycles. The molecule has 3 rings (SSSR count). The Labute approximate surface area is 107 Å². The van der Waals surface area contributed by atoms with Crippen molar-refractivity contribution >= 4 is 23.1 Å². The summed E-state index contributed by atoms with van der Waals surface area (Å²) in [7, 11) is 0. The maximum absolute atomic E-state index is 12.3. The van der Waals surface area contributed by atoms with E-state index in [-0.39, 0.29) is 23.5 Å². The van der Waals surface area contributed by atoms with Crippen molar-refractivity contribution in [1.82, 2.24) is 15.2 Å². The summed E-state index contributed by atoms with van der Waals surface area (Å²) in [5.74, 6) is -0.154. The molecule has 0 atom stereocenters. The summed E-state index contributed by atoms with van der Waals surface area (Å²) in [5, 5.41) is 11.1. The van der Waals surface area contributed by atoms with Gasteiger partial charge in [0, 0.05) is 12.6 Å². The number of hydrogen-bond donors (Lipinski definition) is 1. The average molecular weight is 264 g/mol. The van der Waals surface area contributed by atoms with Crippen LogP contribution in [0.4, 0.5) is 5.82 Å². The van der Waals surface area contributed by atoms with Crippen molar-refractivity contribution in [3.63, 3.8) is 0 Å². The molecule has 1 aliphatic rings. The summed E-state index contributed by atoms with van der Waals surface area (Å²) in [5.41, 5.74) is 6.79. The zero-order valence-electron chi connectivity index (χ0n) is 9.57. The minimum atomic E-state index is -0.206. The molecule has 0 spiro atoms. The van der Waals surface area contributed by atoms with Gasteiger partial charge in [-0.25, -0.2) is 4.63 Å². The van der Waals surface area contributed by atoms with Crippen LogP contribution in [0.1, 0.15) is 28.9 Å². The van der Waals surface area contributed by atoms with Gasteiger partial charge in [0.15, 0.2) is 0 Å². The van der Waals surface area contributed by atoms with Crippen molar-refractivity contribution in [3.05, 3.63) is 28.1 Å². The predicted octanol–water partition coefficient (Wildman–Crippen LogP) is 1.52. The van der Waals surface area contributed by atoms with Crippen molar-refractivity contribution in [2.75, 3.05) is 5.73 Å². The van der Waals surface area contributed by atoms with Gasteiger partial charge in [-0.15, -0.1) is 0 Å². The molecule has 0 aromatic carbocycles. The fourth-order valence-corrected chi connectivity index (χ4v) is 2.47. The van der Waals surface area contributed by atoms with Crippen LogP contribution in [0.3, 0.4) is 0 Å². The van der Waals surface area contributed by atoms with Gasteiger partial charge in [-0.3, -0.25) is 4.79 Å². The summed E-state index contributed by atoms with van der Waals surface area (Å²) in [4.78, 5) is 14.1. The van der Waals surface area contributed by atoms with Crippen LogP contribution in [0.25, 0.3) is 0 Å². The van der Waals surface area contributed by atoms with Crippen LogP contribution in [0.15, 0.2) is 21.5 Å². The van der Waals surface area contributed by atoms with Crippen LogP contribution in [0.2, 0.25) is 0 Å². The summed E-state index contributed by atoms with van der Waals surface area (Å²) < 4.78 is 4.48. The van der Waals surface area contributed by atoms with Gasteiger partial charge in [0.1, 0.15) is 0 Å². The van der Waals surface area contributed by atoms with Gasteiger partial charge in [0.05, 0.1) is 0 Å². The standard InChI is InChI=1S/C11H12N4O2S/c12-10-9(13-17-14-10)11(16)15(8-1-2-8)5-7-3-4-18-6-7/h3-4,6,8H,1-2,5H2,(H2,12,14). The highest BCUT2D eigenvalue weighted by atomic mass is 32.1. The van der Waals surface area contributed by atoms with Gasteiger partial charge >= 0.3 is 0 Å². The second kappa shape index (κ2) is 4.41. The molecule has 7 heteroatoms. The molecule has 2 aromatic rings. The maximum Gasteiger partial charge on any atom is 0.280 e. The average Bonchev–Trinajstić information content (AvgIpc) is 2.89. The predicted molar refractivity (Wildman–Crippen MR) is 65.9 cm³/mol. The quantitative estimate of drug-likeness (QED) is 0.904. The number of nitrogens with zero attached hydrogens (tertiary/aromatic N) is 3. The maximum atomic E-state index is 12.3. The van der Waals surface area contributed by atoms with E-state index >= 15 is 0 Å². The molecule has 2 heterocycles. The molecule has 0 aliphatic heterocycles. The molecule has 2 N–H and O–H groups in total. The molecule has 6 nitrogen and oxygen atoms in total. The van der Waals surface area contributed by atoms with Crippen LogP contribution in [0, 0.1) is 0 Å². The number of nitrogen functional groups attached to an aromatic ring is 1. The van der Waals surface area contributed by atoms with Gasteiger partial charge < -0.3 is 10.6 Å². The molecular weight excluding hydrogens is 252 g/mol. The number of nitrogens with two attached hydrogens (primary N) is 1. The third kappa shape index (κ3) is 2.08. The minimum absolute atomic E-state index is 0.0518. The normalized spacial score (nSPS) is 14.7. The number of aromatic nitrogens is 2. The molecule has 1 fully saturated rings. The fraction of sp³-hybridized carbons (Fsp3) is 0.364. The van der Waals surface area contributed by atoms with Crippen LogP contribution in [0.5, 0.6) is 0 Å². The molecule has 18 heavy (non-hydrogen) atoms. The zero-order chi connectivity index (χ0) is 12.5. The van der Waals surface area contributed by atoms with E-state index in [2.05, 4.69) is 14.9 Å². The van der Waals surface area contributed by atoms with Crippen molar-refractivity contribution < 1.29 is 9.42 Å². The van der Waals surface area contributed by atoms with E-state index in [1.54, 1.807) is 16.2 Å². The molecule has 1 amide bonds. The number of rotatable bonds is 4. The van der Waals surface area contributed by atoms with E-state index in [1.807, 2.05) is 16.8 Å². The Morgan fingerprint density at radius 2 is 2.39 bits per heavy atom. The Bertz CT molecular complexity index is 547. The number of carbonyl (C=O) groups excluding carboxylic acids is 1. The SMILES string of the molecule is Nc1nonc1C(=O)N(Cc1ccsc1)C1CC1. The Balaban J connectivity index is 1.82. The molecule has 0 bridgehead atoms. The Morgan fingerprint density at radius 3 is 2.94 bits per heavy atom. The van der Waals surface area contributed by atoms with Gasteiger partial charge in [-0.05, 0) is 45.5 Å². The molecule has 0 radical (unpaired) electrons. The van der Waals surface area contributed by atoms with Gasteiger partial charge in [0.2, 0.25) is 11.5 Å². The molecule has 0 unspecified atom stereocenters. The third-order valence-corrected chi connectivity index (χ3v) is 3.63. The van der Waals surface area contributed by atoms with Crippen LogP contribution < -0.4 is 5.73 Å². The summed E-state index contributed by atoms with van der Waals surface area (Å²) in [6.07, 6.45) is 2.06. The smallest absolute Gasteiger partial charge is 0.280 e. The van der Waals surface area contributed by atoms with E-state index in [0.717, 1.165) is 18.4 Å². The van der Waals surface area contributed by atoms with Gasteiger partial charge in [-0.2, -0.15) is 11.3 Å². The fourth-order valence-electron chi connectivity index (χ4n) is 1.81. The first-order valence-electron chi connectivity index (χ1n) is 5.66. The highest BCUT2D eigenvalue weighted by Gasteiger charge is 2.35. The monoisotopic (exact) mass is 264 g/mol. The summed E-state index contributed by atoms with van der Waals surface area (Å²) in [6.45, 7) is 0.583. The van der Waals surface area contributed by atoms with E-state index in [0.29, 0.717) is 6.54 Å². The minimum Gasteiger partial charge on any atom is -0.379 e. The highest BCUT2D eigenvalue weighted by Crippen LogP contribution is 2.30.